The lowest BCUT2D eigenvalue weighted by molar-refractivity contribution is 0.588. The lowest BCUT2D eigenvalue weighted by Gasteiger charge is -2.19. The molecule has 0 heterocycles. The third kappa shape index (κ3) is 3.68. The number of benzene rings is 2. The highest BCUT2D eigenvalue weighted by Crippen LogP contribution is 2.23. The molecule has 0 aliphatic rings. The monoisotopic (exact) mass is 317 g/mol. The summed E-state index contributed by atoms with van der Waals surface area (Å²) in [5.41, 5.74) is 5.40. The van der Waals surface area contributed by atoms with Crippen LogP contribution in [0.15, 0.2) is 46.9 Å². The van der Waals surface area contributed by atoms with Crippen LogP contribution in [0.25, 0.3) is 0 Å². The van der Waals surface area contributed by atoms with Gasteiger partial charge in [0.05, 0.1) is 0 Å². The van der Waals surface area contributed by atoms with Gasteiger partial charge in [0.2, 0.25) is 0 Å². The van der Waals surface area contributed by atoms with Gasteiger partial charge in [-0.1, -0.05) is 51.8 Å². The minimum Gasteiger partial charge on any atom is -0.313 e. The second kappa shape index (κ2) is 6.36. The summed E-state index contributed by atoms with van der Waals surface area (Å²) in [4.78, 5) is 0. The van der Waals surface area contributed by atoms with Crippen molar-refractivity contribution in [2.75, 3.05) is 7.05 Å². The number of hydrogen-bond donors (Lipinski definition) is 1. The zero-order valence-electron chi connectivity index (χ0n) is 11.7. The van der Waals surface area contributed by atoms with Crippen molar-refractivity contribution < 1.29 is 0 Å². The van der Waals surface area contributed by atoms with Gasteiger partial charge in [-0.05, 0) is 56.1 Å². The van der Waals surface area contributed by atoms with Gasteiger partial charge in [0.1, 0.15) is 0 Å². The van der Waals surface area contributed by atoms with Crippen molar-refractivity contribution in [2.24, 2.45) is 0 Å². The van der Waals surface area contributed by atoms with Crippen molar-refractivity contribution in [3.63, 3.8) is 0 Å². The van der Waals surface area contributed by atoms with Crippen LogP contribution < -0.4 is 5.32 Å². The third-order valence-electron chi connectivity index (χ3n) is 3.48. The summed E-state index contributed by atoms with van der Waals surface area (Å²) in [5.74, 6) is 0. The van der Waals surface area contributed by atoms with E-state index >= 15 is 0 Å². The zero-order valence-corrected chi connectivity index (χ0v) is 13.3. The molecule has 0 aliphatic heterocycles. The molecule has 1 unspecified atom stereocenters. The van der Waals surface area contributed by atoms with Gasteiger partial charge in [-0.25, -0.2) is 0 Å². The summed E-state index contributed by atoms with van der Waals surface area (Å²) < 4.78 is 1.14. The lowest BCUT2D eigenvalue weighted by atomic mass is 9.94. The van der Waals surface area contributed by atoms with Gasteiger partial charge in [0.25, 0.3) is 0 Å². The highest BCUT2D eigenvalue weighted by molar-refractivity contribution is 9.10. The molecule has 100 valence electrons. The van der Waals surface area contributed by atoms with E-state index in [1.54, 1.807) is 0 Å². The van der Waals surface area contributed by atoms with E-state index in [1.165, 1.54) is 22.3 Å². The first kappa shape index (κ1) is 14.3. The van der Waals surface area contributed by atoms with Crippen LogP contribution in [0.3, 0.4) is 0 Å². The Morgan fingerprint density at radius 2 is 1.89 bits per heavy atom. The molecule has 0 aliphatic carbocycles. The van der Waals surface area contributed by atoms with Crippen LogP contribution >= 0.6 is 15.9 Å². The maximum absolute atomic E-state index is 3.53. The first-order valence-electron chi connectivity index (χ1n) is 6.59. The van der Waals surface area contributed by atoms with Crippen molar-refractivity contribution >= 4 is 15.9 Å². The maximum atomic E-state index is 3.53. The Labute approximate surface area is 124 Å². The van der Waals surface area contributed by atoms with Gasteiger partial charge in [-0.2, -0.15) is 0 Å². The maximum Gasteiger partial charge on any atom is 0.0361 e. The summed E-state index contributed by atoms with van der Waals surface area (Å²) in [7, 11) is 2.03. The molecule has 2 rings (SSSR count). The molecule has 0 bridgehead atoms. The summed E-state index contributed by atoms with van der Waals surface area (Å²) in [6.07, 6.45) is 1.000. The van der Waals surface area contributed by atoms with Crippen molar-refractivity contribution in [1.29, 1.82) is 0 Å². The third-order valence-corrected chi connectivity index (χ3v) is 3.97. The minimum absolute atomic E-state index is 0.356. The molecule has 0 radical (unpaired) electrons. The molecule has 0 spiro atoms. The topological polar surface area (TPSA) is 12.0 Å². The molecule has 2 aromatic carbocycles. The Morgan fingerprint density at radius 3 is 2.53 bits per heavy atom. The fourth-order valence-corrected chi connectivity index (χ4v) is 2.93. The Kier molecular flexibility index (Phi) is 4.78. The molecule has 0 fully saturated rings. The number of halogens is 1. The van der Waals surface area contributed by atoms with Crippen LogP contribution in [0, 0.1) is 13.8 Å². The molecule has 19 heavy (non-hydrogen) atoms. The molecule has 1 nitrogen and oxygen atoms in total. The number of nitrogens with one attached hydrogen (secondary N) is 1. The van der Waals surface area contributed by atoms with Gasteiger partial charge < -0.3 is 5.32 Å². The molecule has 0 aromatic heterocycles. The van der Waals surface area contributed by atoms with Crippen molar-refractivity contribution in [2.45, 2.75) is 26.3 Å². The van der Waals surface area contributed by atoms with Crippen LogP contribution in [0.2, 0.25) is 0 Å². The fourth-order valence-electron chi connectivity index (χ4n) is 2.48. The van der Waals surface area contributed by atoms with E-state index in [4.69, 9.17) is 0 Å². The Morgan fingerprint density at radius 1 is 1.11 bits per heavy atom. The summed E-state index contributed by atoms with van der Waals surface area (Å²) >= 11 is 3.53. The van der Waals surface area contributed by atoms with E-state index in [-0.39, 0.29) is 0 Å². The molecular formula is C17H20BrN. The SMILES string of the molecule is CNC(Cc1cccc(Br)c1)c1ccc(C)cc1C. The van der Waals surface area contributed by atoms with Gasteiger partial charge in [0, 0.05) is 10.5 Å². The first-order valence-corrected chi connectivity index (χ1v) is 7.38. The Bertz CT molecular complexity index is 563. The number of rotatable bonds is 4. The number of likely N-dealkylation sites (N-methyl/N-ethyl adjacent to an activating group) is 1. The molecular weight excluding hydrogens is 298 g/mol. The van der Waals surface area contributed by atoms with E-state index in [9.17, 15) is 0 Å². The van der Waals surface area contributed by atoms with Crippen molar-refractivity contribution in [3.8, 4) is 0 Å². The van der Waals surface area contributed by atoms with Crippen molar-refractivity contribution in [3.05, 3.63) is 69.2 Å². The Hall–Kier alpha value is -1.12. The molecule has 0 saturated heterocycles. The van der Waals surface area contributed by atoms with Crippen LogP contribution in [-0.2, 0) is 6.42 Å². The summed E-state index contributed by atoms with van der Waals surface area (Å²) in [5, 5.41) is 3.43. The quantitative estimate of drug-likeness (QED) is 0.871. The number of hydrogen-bond acceptors (Lipinski definition) is 1. The predicted octanol–water partition coefficient (Wildman–Crippen LogP) is 4.57. The minimum atomic E-state index is 0.356. The average Bonchev–Trinajstić information content (AvgIpc) is 2.37. The van der Waals surface area contributed by atoms with Gasteiger partial charge in [-0.15, -0.1) is 0 Å². The van der Waals surface area contributed by atoms with Gasteiger partial charge >= 0.3 is 0 Å². The van der Waals surface area contributed by atoms with E-state index in [2.05, 4.69) is 77.6 Å². The normalized spacial score (nSPS) is 12.4. The Balaban J connectivity index is 2.25. The molecule has 0 saturated carbocycles. The fraction of sp³-hybridized carbons (Fsp3) is 0.294. The zero-order chi connectivity index (χ0) is 13.8. The molecule has 1 N–H and O–H groups in total. The van der Waals surface area contributed by atoms with Crippen LogP contribution in [-0.4, -0.2) is 7.05 Å². The second-order valence-electron chi connectivity index (χ2n) is 5.04. The highest BCUT2D eigenvalue weighted by Gasteiger charge is 2.12. The smallest absolute Gasteiger partial charge is 0.0361 e. The lowest BCUT2D eigenvalue weighted by Crippen LogP contribution is -2.19. The van der Waals surface area contributed by atoms with Crippen LogP contribution in [0.4, 0.5) is 0 Å². The van der Waals surface area contributed by atoms with Gasteiger partial charge in [0.15, 0.2) is 0 Å². The number of aryl methyl sites for hydroxylation is 2. The van der Waals surface area contributed by atoms with E-state index in [0.717, 1.165) is 10.9 Å². The van der Waals surface area contributed by atoms with Gasteiger partial charge in [-0.3, -0.25) is 0 Å². The van der Waals surface area contributed by atoms with E-state index < -0.39 is 0 Å². The van der Waals surface area contributed by atoms with E-state index in [1.807, 2.05) is 7.05 Å². The average molecular weight is 318 g/mol. The standard InChI is InChI=1S/C17H20BrN/c1-12-7-8-16(13(2)9-12)17(19-3)11-14-5-4-6-15(18)10-14/h4-10,17,19H,11H2,1-3H3. The van der Waals surface area contributed by atoms with Crippen LogP contribution in [0.5, 0.6) is 0 Å². The largest absolute Gasteiger partial charge is 0.313 e. The summed E-state index contributed by atoms with van der Waals surface area (Å²) in [6.45, 7) is 4.33. The molecule has 1 atom stereocenters. The molecule has 0 amide bonds. The van der Waals surface area contributed by atoms with Crippen LogP contribution in [0.1, 0.15) is 28.3 Å². The van der Waals surface area contributed by atoms with E-state index in [0.29, 0.717) is 6.04 Å². The summed E-state index contributed by atoms with van der Waals surface area (Å²) in [6, 6.07) is 15.6. The first-order chi connectivity index (χ1) is 9.10. The predicted molar refractivity (Wildman–Crippen MR) is 85.6 cm³/mol. The molecule has 2 aromatic rings. The van der Waals surface area contributed by atoms with Crippen molar-refractivity contribution in [1.82, 2.24) is 5.32 Å². The second-order valence-corrected chi connectivity index (χ2v) is 5.95. The molecule has 2 heteroatoms. The highest BCUT2D eigenvalue weighted by atomic mass is 79.9.